The number of anilines is 1. The zero-order chi connectivity index (χ0) is 21.4. The number of hydrogen-bond acceptors (Lipinski definition) is 6. The van der Waals surface area contributed by atoms with Crippen molar-refractivity contribution in [3.63, 3.8) is 0 Å². The van der Waals surface area contributed by atoms with Crippen molar-refractivity contribution in [3.8, 4) is 0 Å². The number of nitrogens with zero attached hydrogens (tertiary/aromatic N) is 1. The molecule has 0 saturated carbocycles. The van der Waals surface area contributed by atoms with Crippen LogP contribution < -0.4 is 5.32 Å². The number of aromatic carboxylic acids is 1. The molecule has 1 unspecified atom stereocenters. The van der Waals surface area contributed by atoms with Gasteiger partial charge < -0.3 is 15.2 Å². The van der Waals surface area contributed by atoms with E-state index in [0.29, 0.717) is 11.6 Å². The van der Waals surface area contributed by atoms with E-state index in [2.05, 4.69) is 10.2 Å². The second-order valence-electron chi connectivity index (χ2n) is 8.26. The van der Waals surface area contributed by atoms with Crippen molar-refractivity contribution < 1.29 is 19.4 Å². The third-order valence-electron chi connectivity index (χ3n) is 6.34. The number of carbonyl (C=O) groups is 2. The minimum absolute atomic E-state index is 0.0884. The number of ether oxygens (including phenoxy) is 1. The Morgan fingerprint density at radius 1 is 1.13 bits per heavy atom. The Morgan fingerprint density at radius 2 is 1.94 bits per heavy atom. The Labute approximate surface area is 184 Å². The second kappa shape index (κ2) is 8.32. The first-order valence-electron chi connectivity index (χ1n) is 10.6. The summed E-state index contributed by atoms with van der Waals surface area (Å²) in [6, 6.07) is 13.8. The molecule has 7 heteroatoms. The van der Waals surface area contributed by atoms with Gasteiger partial charge in [0.25, 0.3) is 0 Å². The Balaban J connectivity index is 1.46. The van der Waals surface area contributed by atoms with Crippen molar-refractivity contribution in [2.75, 3.05) is 25.0 Å². The molecule has 3 aliphatic heterocycles. The third kappa shape index (κ3) is 4.03. The molecule has 1 aromatic heterocycles. The van der Waals surface area contributed by atoms with Crippen LogP contribution in [0.5, 0.6) is 0 Å². The smallest absolute Gasteiger partial charge is 0.335 e. The summed E-state index contributed by atoms with van der Waals surface area (Å²) in [6.45, 7) is 2.96. The van der Waals surface area contributed by atoms with Crippen LogP contribution in [0.4, 0.5) is 5.69 Å². The number of fused-ring (bicyclic) bond motifs is 4. The van der Waals surface area contributed by atoms with Gasteiger partial charge in [0.05, 0.1) is 5.56 Å². The van der Waals surface area contributed by atoms with E-state index in [4.69, 9.17) is 4.74 Å². The Morgan fingerprint density at radius 3 is 2.68 bits per heavy atom. The molecule has 160 valence electrons. The average molecular weight is 437 g/mol. The fraction of sp³-hybridized carbons (Fsp3) is 0.333. The molecule has 0 spiro atoms. The molecule has 6 nitrogen and oxygen atoms in total. The van der Waals surface area contributed by atoms with Crippen LogP contribution in [0.25, 0.3) is 10.1 Å². The monoisotopic (exact) mass is 436 g/mol. The van der Waals surface area contributed by atoms with Crippen LogP contribution >= 0.6 is 11.3 Å². The number of hydrogen-bond donors (Lipinski definition) is 2. The fourth-order valence-electron chi connectivity index (χ4n) is 4.66. The van der Waals surface area contributed by atoms with E-state index in [9.17, 15) is 14.7 Å². The van der Waals surface area contributed by atoms with Crippen molar-refractivity contribution in [1.29, 1.82) is 0 Å². The highest BCUT2D eigenvalue weighted by Gasteiger charge is 2.38. The molecule has 6 rings (SSSR count). The number of nitrogens with one attached hydrogen (secondary N) is 1. The topological polar surface area (TPSA) is 78.9 Å². The zero-order valence-electron chi connectivity index (χ0n) is 17.0. The van der Waals surface area contributed by atoms with Crippen molar-refractivity contribution in [3.05, 3.63) is 65.0 Å². The number of carbonyl (C=O) groups excluding carboxylic acids is 1. The van der Waals surface area contributed by atoms with E-state index in [-0.39, 0.29) is 17.6 Å². The summed E-state index contributed by atoms with van der Waals surface area (Å²) in [5.74, 6) is -0.900. The number of carboxylic acid groups (broad SMARTS) is 1. The summed E-state index contributed by atoms with van der Waals surface area (Å²) in [6.07, 6.45) is 2.05. The lowest BCUT2D eigenvalue weighted by atomic mass is 9.86. The first-order chi connectivity index (χ1) is 15.1. The minimum atomic E-state index is -1.00. The summed E-state index contributed by atoms with van der Waals surface area (Å²) < 4.78 is 7.15. The predicted molar refractivity (Wildman–Crippen MR) is 121 cm³/mol. The first-order valence-corrected chi connectivity index (χ1v) is 11.5. The summed E-state index contributed by atoms with van der Waals surface area (Å²) in [7, 11) is 0. The molecule has 0 aliphatic carbocycles. The maximum absolute atomic E-state index is 13.4. The molecule has 3 saturated heterocycles. The van der Waals surface area contributed by atoms with E-state index in [1.807, 2.05) is 29.6 Å². The SMILES string of the molecule is O=C(O)c1cccc(NC(C(=O)O[C@H]2CN3CCC2CC3)c2csc3ccccc23)c1. The molecular formula is C24H24N2O4S. The van der Waals surface area contributed by atoms with Crippen LogP contribution in [0, 0.1) is 5.92 Å². The molecule has 31 heavy (non-hydrogen) atoms. The Kier molecular flexibility index (Phi) is 5.38. The molecule has 2 N–H and O–H groups in total. The van der Waals surface area contributed by atoms with Gasteiger partial charge in [0.2, 0.25) is 0 Å². The standard InChI is InChI=1S/C24H24N2O4S/c27-23(28)16-4-3-5-17(12-16)25-22(19-14-31-21-7-2-1-6-18(19)21)24(29)30-20-13-26-10-8-15(20)9-11-26/h1-7,12,14-15,20,22,25H,8-11,13H2,(H,27,28)/t20-,22?/m0/s1. The molecule has 3 fully saturated rings. The maximum atomic E-state index is 13.4. The van der Waals surface area contributed by atoms with Gasteiger partial charge in [-0.05, 0) is 66.9 Å². The zero-order valence-corrected chi connectivity index (χ0v) is 17.8. The van der Waals surface area contributed by atoms with Crippen LogP contribution in [0.3, 0.4) is 0 Å². The van der Waals surface area contributed by atoms with Crippen molar-refractivity contribution in [2.45, 2.75) is 25.0 Å². The molecule has 0 amide bonds. The molecule has 0 radical (unpaired) electrons. The van der Waals surface area contributed by atoms with Crippen LogP contribution in [0.15, 0.2) is 53.9 Å². The van der Waals surface area contributed by atoms with Gasteiger partial charge in [-0.25, -0.2) is 9.59 Å². The number of carboxylic acids is 1. The van der Waals surface area contributed by atoms with Crippen molar-refractivity contribution in [2.24, 2.45) is 5.92 Å². The highest BCUT2D eigenvalue weighted by Crippen LogP contribution is 2.35. The third-order valence-corrected chi connectivity index (χ3v) is 7.32. The fourth-order valence-corrected chi connectivity index (χ4v) is 5.64. The number of rotatable bonds is 6. The van der Waals surface area contributed by atoms with Crippen LogP contribution in [-0.4, -0.2) is 47.7 Å². The number of esters is 1. The summed E-state index contributed by atoms with van der Waals surface area (Å²) >= 11 is 1.59. The van der Waals surface area contributed by atoms with Gasteiger partial charge in [-0.15, -0.1) is 11.3 Å². The van der Waals surface area contributed by atoms with Gasteiger partial charge in [-0.2, -0.15) is 0 Å². The van der Waals surface area contributed by atoms with E-state index in [1.165, 1.54) is 6.07 Å². The van der Waals surface area contributed by atoms with Gasteiger partial charge >= 0.3 is 11.9 Å². The van der Waals surface area contributed by atoms with Gasteiger partial charge in [-0.1, -0.05) is 24.3 Å². The molecule has 2 aromatic carbocycles. The van der Waals surface area contributed by atoms with Crippen LogP contribution in [0.2, 0.25) is 0 Å². The van der Waals surface area contributed by atoms with Gasteiger partial charge in [-0.3, -0.25) is 4.90 Å². The number of piperidine rings is 3. The van der Waals surface area contributed by atoms with Gasteiger partial charge in [0.1, 0.15) is 6.10 Å². The first kappa shape index (κ1) is 20.0. The Hall–Kier alpha value is -2.90. The van der Waals surface area contributed by atoms with Crippen molar-refractivity contribution >= 4 is 39.0 Å². The molecule has 2 atom stereocenters. The normalized spacial score (nSPS) is 23.4. The lowest BCUT2D eigenvalue weighted by Crippen LogP contribution is -2.52. The lowest BCUT2D eigenvalue weighted by Gasteiger charge is -2.44. The number of thiophene rings is 1. The highest BCUT2D eigenvalue weighted by molar-refractivity contribution is 7.17. The quantitative estimate of drug-likeness (QED) is 0.558. The number of benzene rings is 2. The summed E-state index contributed by atoms with van der Waals surface area (Å²) in [4.78, 5) is 27.2. The minimum Gasteiger partial charge on any atom is -0.478 e. The van der Waals surface area contributed by atoms with Crippen molar-refractivity contribution in [1.82, 2.24) is 4.90 Å². The second-order valence-corrected chi connectivity index (χ2v) is 9.18. The maximum Gasteiger partial charge on any atom is 0.335 e. The Bertz CT molecular complexity index is 1120. The average Bonchev–Trinajstić information content (AvgIpc) is 3.22. The van der Waals surface area contributed by atoms with E-state index in [1.54, 1.807) is 29.5 Å². The van der Waals surface area contributed by atoms with E-state index in [0.717, 1.165) is 48.1 Å². The van der Waals surface area contributed by atoms with E-state index >= 15 is 0 Å². The van der Waals surface area contributed by atoms with Crippen LogP contribution in [0.1, 0.15) is 34.8 Å². The molecule has 2 bridgehead atoms. The summed E-state index contributed by atoms with van der Waals surface area (Å²) in [5, 5.41) is 15.6. The molecular weight excluding hydrogens is 412 g/mol. The molecule has 3 aromatic rings. The van der Waals surface area contributed by atoms with Gasteiger partial charge in [0, 0.05) is 22.5 Å². The molecule has 4 heterocycles. The van der Waals surface area contributed by atoms with Crippen LogP contribution in [-0.2, 0) is 9.53 Å². The van der Waals surface area contributed by atoms with Gasteiger partial charge in [0.15, 0.2) is 6.04 Å². The predicted octanol–water partition coefficient (Wildman–Crippen LogP) is 4.39. The summed E-state index contributed by atoms with van der Waals surface area (Å²) in [5.41, 5.74) is 1.60. The lowest BCUT2D eigenvalue weighted by molar-refractivity contribution is -0.159. The highest BCUT2D eigenvalue weighted by atomic mass is 32.1. The largest absolute Gasteiger partial charge is 0.478 e. The van der Waals surface area contributed by atoms with E-state index < -0.39 is 12.0 Å². The molecule has 3 aliphatic rings.